The molecule has 0 spiro atoms. The summed E-state index contributed by atoms with van der Waals surface area (Å²) < 4.78 is 1.38. The number of nitrogens with two attached hydrogens (primary N) is 1. The number of hydrogen-bond acceptors (Lipinski definition) is 5. The van der Waals surface area contributed by atoms with Gasteiger partial charge in [0.2, 0.25) is 5.91 Å². The Bertz CT molecular complexity index is 1210. The number of aromatic amines is 1. The summed E-state index contributed by atoms with van der Waals surface area (Å²) in [4.78, 5) is 42.2. The Morgan fingerprint density at radius 3 is 2.52 bits per heavy atom. The number of fused-ring (bicyclic) bond motifs is 1. The van der Waals surface area contributed by atoms with Gasteiger partial charge in [0.25, 0.3) is 5.56 Å². The summed E-state index contributed by atoms with van der Waals surface area (Å²) in [5.41, 5.74) is 6.09. The number of aromatic nitrogens is 2. The van der Waals surface area contributed by atoms with E-state index in [1.807, 2.05) is 49.4 Å². The van der Waals surface area contributed by atoms with Crippen LogP contribution < -0.4 is 27.2 Å². The summed E-state index contributed by atoms with van der Waals surface area (Å²) in [7, 11) is 0. The molecule has 176 valence electrons. The summed E-state index contributed by atoms with van der Waals surface area (Å²) in [6.07, 6.45) is 4.39. The van der Waals surface area contributed by atoms with E-state index < -0.39 is 11.2 Å². The molecule has 0 atom stereocenters. The van der Waals surface area contributed by atoms with Gasteiger partial charge in [0, 0.05) is 24.2 Å². The van der Waals surface area contributed by atoms with Crippen molar-refractivity contribution >= 4 is 33.9 Å². The SMILES string of the molecule is CCCCCN(CC(=O)Nc1cccc2ccccc12)c1c(N)n(CCCC)c(=O)[nH]c1=O. The number of carbonyl (C=O) groups excluding carboxylic acids is 1. The molecule has 8 nitrogen and oxygen atoms in total. The van der Waals surface area contributed by atoms with E-state index in [0.29, 0.717) is 18.8 Å². The number of hydrogen-bond donors (Lipinski definition) is 3. The lowest BCUT2D eigenvalue weighted by Crippen LogP contribution is -2.42. The number of unbranched alkanes of at least 4 members (excludes halogenated alkanes) is 3. The van der Waals surface area contributed by atoms with Crippen LogP contribution in [0.4, 0.5) is 17.2 Å². The van der Waals surface area contributed by atoms with Gasteiger partial charge in [0.1, 0.15) is 11.5 Å². The molecule has 2 aromatic carbocycles. The van der Waals surface area contributed by atoms with Crippen LogP contribution in [0.25, 0.3) is 10.8 Å². The molecule has 3 rings (SSSR count). The average molecular weight is 452 g/mol. The molecule has 0 bridgehead atoms. The van der Waals surface area contributed by atoms with E-state index >= 15 is 0 Å². The second kappa shape index (κ2) is 11.4. The fourth-order valence-corrected chi connectivity index (χ4v) is 3.94. The molecule has 0 aliphatic heterocycles. The monoisotopic (exact) mass is 451 g/mol. The Hall–Kier alpha value is -3.55. The van der Waals surface area contributed by atoms with Crippen LogP contribution in [0.15, 0.2) is 52.1 Å². The van der Waals surface area contributed by atoms with Crippen molar-refractivity contribution in [2.75, 3.05) is 29.0 Å². The molecule has 0 unspecified atom stereocenters. The number of H-pyrrole nitrogens is 1. The van der Waals surface area contributed by atoms with Crippen LogP contribution >= 0.6 is 0 Å². The van der Waals surface area contributed by atoms with Crippen molar-refractivity contribution < 1.29 is 4.79 Å². The molecule has 1 amide bonds. The molecular weight excluding hydrogens is 418 g/mol. The highest BCUT2D eigenvalue weighted by Crippen LogP contribution is 2.23. The topological polar surface area (TPSA) is 113 Å². The molecule has 33 heavy (non-hydrogen) atoms. The van der Waals surface area contributed by atoms with E-state index in [-0.39, 0.29) is 24.0 Å². The van der Waals surface area contributed by atoms with E-state index in [9.17, 15) is 14.4 Å². The Morgan fingerprint density at radius 2 is 1.76 bits per heavy atom. The minimum Gasteiger partial charge on any atom is -0.383 e. The smallest absolute Gasteiger partial charge is 0.330 e. The highest BCUT2D eigenvalue weighted by molar-refractivity contribution is 6.03. The number of nitrogens with zero attached hydrogens (tertiary/aromatic N) is 2. The summed E-state index contributed by atoms with van der Waals surface area (Å²) in [5, 5.41) is 4.94. The largest absolute Gasteiger partial charge is 0.383 e. The first-order chi connectivity index (χ1) is 16.0. The highest BCUT2D eigenvalue weighted by Gasteiger charge is 2.21. The number of carbonyl (C=O) groups is 1. The zero-order valence-electron chi connectivity index (χ0n) is 19.4. The molecule has 0 aliphatic carbocycles. The van der Waals surface area contributed by atoms with Crippen molar-refractivity contribution in [2.24, 2.45) is 0 Å². The molecule has 0 saturated carbocycles. The lowest BCUT2D eigenvalue weighted by molar-refractivity contribution is -0.115. The van der Waals surface area contributed by atoms with Gasteiger partial charge >= 0.3 is 5.69 Å². The van der Waals surface area contributed by atoms with Crippen LogP contribution in [-0.2, 0) is 11.3 Å². The van der Waals surface area contributed by atoms with E-state index in [2.05, 4.69) is 17.2 Å². The van der Waals surface area contributed by atoms with Crippen molar-refractivity contribution in [1.29, 1.82) is 0 Å². The minimum absolute atomic E-state index is 0.0494. The quantitative estimate of drug-likeness (QED) is 0.385. The van der Waals surface area contributed by atoms with Gasteiger partial charge in [-0.05, 0) is 24.3 Å². The van der Waals surface area contributed by atoms with Gasteiger partial charge in [-0.1, -0.05) is 69.5 Å². The minimum atomic E-state index is -0.570. The van der Waals surface area contributed by atoms with Crippen LogP contribution in [-0.4, -0.2) is 28.5 Å². The molecule has 4 N–H and O–H groups in total. The Balaban J connectivity index is 1.91. The maximum atomic E-state index is 13.0. The van der Waals surface area contributed by atoms with Crippen molar-refractivity contribution in [3.63, 3.8) is 0 Å². The van der Waals surface area contributed by atoms with Crippen LogP contribution in [0, 0.1) is 0 Å². The van der Waals surface area contributed by atoms with Gasteiger partial charge in [0.15, 0.2) is 0 Å². The van der Waals surface area contributed by atoms with Crippen LogP contribution in [0.5, 0.6) is 0 Å². The number of nitrogens with one attached hydrogen (secondary N) is 2. The van der Waals surface area contributed by atoms with Crippen LogP contribution in [0.3, 0.4) is 0 Å². The lowest BCUT2D eigenvalue weighted by Gasteiger charge is -2.26. The molecule has 8 heteroatoms. The molecule has 0 radical (unpaired) electrons. The van der Waals surface area contributed by atoms with Crippen LogP contribution in [0.1, 0.15) is 46.0 Å². The fourth-order valence-electron chi connectivity index (χ4n) is 3.94. The normalized spacial score (nSPS) is 11.0. The zero-order chi connectivity index (χ0) is 23.8. The maximum Gasteiger partial charge on any atom is 0.330 e. The Kier molecular flexibility index (Phi) is 8.29. The number of nitrogen functional groups attached to an aromatic ring is 1. The van der Waals surface area contributed by atoms with Gasteiger partial charge in [0.05, 0.1) is 6.54 Å². The number of benzene rings is 2. The van der Waals surface area contributed by atoms with Crippen molar-refractivity contribution in [1.82, 2.24) is 9.55 Å². The van der Waals surface area contributed by atoms with Gasteiger partial charge in [-0.3, -0.25) is 19.1 Å². The third-order valence-corrected chi connectivity index (χ3v) is 5.70. The zero-order valence-corrected chi connectivity index (χ0v) is 19.4. The van der Waals surface area contributed by atoms with Crippen molar-refractivity contribution in [2.45, 2.75) is 52.5 Å². The van der Waals surface area contributed by atoms with Gasteiger partial charge in [-0.25, -0.2) is 4.79 Å². The van der Waals surface area contributed by atoms with Crippen molar-refractivity contribution in [3.05, 3.63) is 63.3 Å². The summed E-state index contributed by atoms with van der Waals surface area (Å²) >= 11 is 0. The van der Waals surface area contributed by atoms with Crippen LogP contribution in [0.2, 0.25) is 0 Å². The Morgan fingerprint density at radius 1 is 1.03 bits per heavy atom. The van der Waals surface area contributed by atoms with Crippen molar-refractivity contribution in [3.8, 4) is 0 Å². The number of rotatable bonds is 11. The Labute approximate surface area is 193 Å². The standard InChI is InChI=1S/C25H33N5O3/c1-3-5-9-15-29(22-23(26)30(16-6-4-2)25(33)28-24(22)32)17-21(31)27-20-14-10-12-18-11-7-8-13-19(18)20/h7-8,10-14H,3-6,9,15-17,26H2,1-2H3,(H,27,31)(H,28,32,33). The summed E-state index contributed by atoms with van der Waals surface area (Å²) in [5.74, 6) is -0.153. The number of amides is 1. The van der Waals surface area contributed by atoms with E-state index in [1.54, 1.807) is 4.90 Å². The van der Waals surface area contributed by atoms with E-state index in [1.165, 1.54) is 4.57 Å². The summed E-state index contributed by atoms with van der Waals surface area (Å²) in [6, 6.07) is 13.6. The van der Waals surface area contributed by atoms with Gasteiger partial charge in [-0.2, -0.15) is 0 Å². The molecule has 1 aromatic heterocycles. The third-order valence-electron chi connectivity index (χ3n) is 5.70. The maximum absolute atomic E-state index is 13.0. The first-order valence-electron chi connectivity index (χ1n) is 11.6. The predicted octanol–water partition coefficient (Wildman–Crippen LogP) is 3.71. The first kappa shape index (κ1) is 24.1. The number of anilines is 3. The molecule has 0 saturated heterocycles. The molecule has 1 heterocycles. The third kappa shape index (κ3) is 5.83. The average Bonchev–Trinajstić information content (AvgIpc) is 2.79. The molecule has 3 aromatic rings. The fraction of sp³-hybridized carbons (Fsp3) is 0.400. The van der Waals surface area contributed by atoms with E-state index in [0.717, 1.165) is 42.9 Å². The summed E-state index contributed by atoms with van der Waals surface area (Å²) in [6.45, 7) is 4.95. The second-order valence-electron chi connectivity index (χ2n) is 8.20. The lowest BCUT2D eigenvalue weighted by atomic mass is 10.1. The predicted molar refractivity (Wildman–Crippen MR) is 135 cm³/mol. The van der Waals surface area contributed by atoms with Gasteiger partial charge < -0.3 is 16.0 Å². The molecular formula is C25H33N5O3. The molecule has 0 fully saturated rings. The first-order valence-corrected chi connectivity index (χ1v) is 11.6. The second-order valence-corrected chi connectivity index (χ2v) is 8.20. The van der Waals surface area contributed by atoms with E-state index in [4.69, 9.17) is 5.73 Å². The molecule has 0 aliphatic rings. The highest BCUT2D eigenvalue weighted by atomic mass is 16.2. The van der Waals surface area contributed by atoms with Gasteiger partial charge in [-0.15, -0.1) is 0 Å².